The summed E-state index contributed by atoms with van der Waals surface area (Å²) >= 11 is 0. The molecule has 1 aromatic heterocycles. The minimum Gasteiger partial charge on any atom is -0.358 e. The molecule has 1 aromatic carbocycles. The predicted octanol–water partition coefficient (Wildman–Crippen LogP) is 0.922. The summed E-state index contributed by atoms with van der Waals surface area (Å²) in [6.07, 6.45) is 1.97. The number of aromatic nitrogens is 2. The maximum Gasteiger partial charge on any atom is 0.346 e. The van der Waals surface area contributed by atoms with E-state index in [-0.39, 0.29) is 24.4 Å². The molecule has 120 valence electrons. The lowest BCUT2D eigenvalue weighted by Crippen LogP contribution is -2.50. The predicted molar refractivity (Wildman–Crippen MR) is 82.4 cm³/mol. The summed E-state index contributed by atoms with van der Waals surface area (Å²) in [6, 6.07) is 8.91. The Balaban J connectivity index is 1.90. The fourth-order valence-electron chi connectivity index (χ4n) is 2.91. The molecule has 0 bridgehead atoms. The van der Waals surface area contributed by atoms with Gasteiger partial charge in [0, 0.05) is 13.6 Å². The Bertz CT molecular complexity index is 742. The highest BCUT2D eigenvalue weighted by atomic mass is 16.6. The molecule has 1 aliphatic heterocycles. The summed E-state index contributed by atoms with van der Waals surface area (Å²) in [7, 11) is 1.59. The summed E-state index contributed by atoms with van der Waals surface area (Å²) in [6.45, 7) is 0.737. The van der Waals surface area contributed by atoms with Crippen LogP contribution in [0.4, 0.5) is 5.82 Å². The first-order chi connectivity index (χ1) is 11.1. The number of rotatable bonds is 4. The summed E-state index contributed by atoms with van der Waals surface area (Å²) in [5, 5.41) is 17.7. The number of hydrogen-bond acceptors (Lipinski definition) is 5. The first-order valence-corrected chi connectivity index (χ1v) is 7.28. The zero-order valence-electron chi connectivity index (χ0n) is 12.7. The van der Waals surface area contributed by atoms with Crippen LogP contribution in [0.5, 0.6) is 0 Å². The molecule has 23 heavy (non-hydrogen) atoms. The maximum atomic E-state index is 12.2. The number of amides is 1. The first-order valence-electron chi connectivity index (χ1n) is 7.28. The molecule has 0 saturated heterocycles. The fourth-order valence-corrected chi connectivity index (χ4v) is 2.91. The van der Waals surface area contributed by atoms with Crippen LogP contribution in [-0.4, -0.2) is 38.6 Å². The van der Waals surface area contributed by atoms with Crippen molar-refractivity contribution in [1.82, 2.24) is 20.0 Å². The highest BCUT2D eigenvalue weighted by Crippen LogP contribution is 2.24. The Labute approximate surface area is 132 Å². The summed E-state index contributed by atoms with van der Waals surface area (Å²) in [5.74, 6) is -0.186. The van der Waals surface area contributed by atoms with E-state index >= 15 is 0 Å². The second-order valence-electron chi connectivity index (χ2n) is 5.44. The lowest BCUT2D eigenvalue weighted by atomic mass is 9.94. The van der Waals surface area contributed by atoms with Crippen LogP contribution in [-0.2, 0) is 24.4 Å². The van der Waals surface area contributed by atoms with E-state index in [1.807, 2.05) is 29.2 Å². The average molecular weight is 315 g/mol. The second kappa shape index (κ2) is 6.17. The standard InChI is InChI=1S/C15H17N5O3/c1-16-15(21)13-8-11-4-2-3-5-12(11)9-18(13)10-19-14(20(22)23)6-7-17-19/h2-7,13H,8-10H2,1H3,(H,16,21). The Hall–Kier alpha value is -2.74. The smallest absolute Gasteiger partial charge is 0.346 e. The van der Waals surface area contributed by atoms with Crippen molar-refractivity contribution in [3.05, 3.63) is 57.8 Å². The third-order valence-corrected chi connectivity index (χ3v) is 4.09. The van der Waals surface area contributed by atoms with Gasteiger partial charge < -0.3 is 15.4 Å². The number of nitro groups is 1. The van der Waals surface area contributed by atoms with Crippen molar-refractivity contribution in [1.29, 1.82) is 0 Å². The average Bonchev–Trinajstić information content (AvgIpc) is 3.02. The minimum absolute atomic E-state index is 0.0838. The van der Waals surface area contributed by atoms with Crippen molar-refractivity contribution in [3.63, 3.8) is 0 Å². The van der Waals surface area contributed by atoms with Crippen LogP contribution < -0.4 is 5.32 Å². The summed E-state index contributed by atoms with van der Waals surface area (Å²) < 4.78 is 1.31. The zero-order valence-corrected chi connectivity index (χ0v) is 12.7. The van der Waals surface area contributed by atoms with Crippen LogP contribution in [0.2, 0.25) is 0 Å². The van der Waals surface area contributed by atoms with Gasteiger partial charge in [0.1, 0.15) is 0 Å². The molecule has 2 aromatic rings. The van der Waals surface area contributed by atoms with E-state index in [9.17, 15) is 14.9 Å². The molecule has 8 heteroatoms. The molecule has 0 aliphatic carbocycles. The fraction of sp³-hybridized carbons (Fsp3) is 0.333. The van der Waals surface area contributed by atoms with Crippen LogP contribution >= 0.6 is 0 Å². The van der Waals surface area contributed by atoms with Gasteiger partial charge in [-0.15, -0.1) is 4.68 Å². The molecule has 3 rings (SSSR count). The number of hydrogen-bond donors (Lipinski definition) is 1. The molecule has 0 saturated carbocycles. The summed E-state index contributed by atoms with van der Waals surface area (Å²) in [5.41, 5.74) is 2.26. The van der Waals surface area contributed by atoms with E-state index in [1.165, 1.54) is 16.9 Å². The Morgan fingerprint density at radius 2 is 2.13 bits per heavy atom. The molecular weight excluding hydrogens is 298 g/mol. The molecule has 1 atom stereocenters. The van der Waals surface area contributed by atoms with Gasteiger partial charge in [0.05, 0.1) is 18.3 Å². The SMILES string of the molecule is CNC(=O)C1Cc2ccccc2CN1Cn1nccc1[N+](=O)[O-]. The van der Waals surface area contributed by atoms with Crippen LogP contribution in [0.1, 0.15) is 11.1 Å². The van der Waals surface area contributed by atoms with Gasteiger partial charge in [0.2, 0.25) is 5.91 Å². The Morgan fingerprint density at radius 1 is 1.39 bits per heavy atom. The van der Waals surface area contributed by atoms with E-state index in [0.29, 0.717) is 13.0 Å². The molecular formula is C15H17N5O3. The molecule has 0 spiro atoms. The van der Waals surface area contributed by atoms with Crippen LogP contribution in [0.3, 0.4) is 0 Å². The number of likely N-dealkylation sites (N-methyl/N-ethyl adjacent to an activating group) is 1. The van der Waals surface area contributed by atoms with E-state index in [2.05, 4.69) is 10.4 Å². The molecule has 1 N–H and O–H groups in total. The quantitative estimate of drug-likeness (QED) is 0.669. The van der Waals surface area contributed by atoms with Gasteiger partial charge in [-0.25, -0.2) is 4.90 Å². The van der Waals surface area contributed by atoms with Gasteiger partial charge >= 0.3 is 5.82 Å². The van der Waals surface area contributed by atoms with Gasteiger partial charge in [0.15, 0.2) is 6.67 Å². The van der Waals surface area contributed by atoms with Gasteiger partial charge in [-0.3, -0.25) is 4.79 Å². The van der Waals surface area contributed by atoms with Crippen LogP contribution in [0.15, 0.2) is 36.5 Å². The highest BCUT2D eigenvalue weighted by Gasteiger charge is 2.33. The molecule has 0 radical (unpaired) electrons. The largest absolute Gasteiger partial charge is 0.358 e. The van der Waals surface area contributed by atoms with Gasteiger partial charge in [-0.1, -0.05) is 29.4 Å². The van der Waals surface area contributed by atoms with Gasteiger partial charge in [-0.05, 0) is 22.5 Å². The van der Waals surface area contributed by atoms with E-state index < -0.39 is 4.92 Å². The van der Waals surface area contributed by atoms with Crippen molar-refractivity contribution in [2.24, 2.45) is 0 Å². The lowest BCUT2D eigenvalue weighted by molar-refractivity contribution is -0.393. The topological polar surface area (TPSA) is 93.3 Å². The molecule has 0 fully saturated rings. The van der Waals surface area contributed by atoms with Crippen molar-refractivity contribution >= 4 is 11.7 Å². The molecule has 1 aliphatic rings. The second-order valence-corrected chi connectivity index (χ2v) is 5.44. The van der Waals surface area contributed by atoms with Crippen molar-refractivity contribution in [2.75, 3.05) is 7.05 Å². The molecule has 1 amide bonds. The van der Waals surface area contributed by atoms with Gasteiger partial charge in [0.25, 0.3) is 0 Å². The van der Waals surface area contributed by atoms with E-state index in [4.69, 9.17) is 0 Å². The highest BCUT2D eigenvalue weighted by molar-refractivity contribution is 5.82. The monoisotopic (exact) mass is 315 g/mol. The molecule has 1 unspecified atom stereocenters. The first kappa shape index (κ1) is 15.2. The van der Waals surface area contributed by atoms with Crippen LogP contribution in [0, 0.1) is 10.1 Å². The summed E-state index contributed by atoms with van der Waals surface area (Å²) in [4.78, 5) is 24.7. The number of nitrogens with one attached hydrogen (secondary N) is 1. The number of carbonyl (C=O) groups excluding carboxylic acids is 1. The number of fused-ring (bicyclic) bond motifs is 1. The molecule has 2 heterocycles. The number of nitrogens with zero attached hydrogens (tertiary/aromatic N) is 4. The molecule has 8 nitrogen and oxygen atoms in total. The third-order valence-electron chi connectivity index (χ3n) is 4.09. The lowest BCUT2D eigenvalue weighted by Gasteiger charge is -2.34. The number of carbonyl (C=O) groups is 1. The van der Waals surface area contributed by atoms with Gasteiger partial charge in [-0.2, -0.15) is 0 Å². The van der Waals surface area contributed by atoms with Crippen LogP contribution in [0.25, 0.3) is 0 Å². The van der Waals surface area contributed by atoms with Crippen molar-refractivity contribution < 1.29 is 9.72 Å². The number of benzene rings is 1. The van der Waals surface area contributed by atoms with Crippen molar-refractivity contribution in [2.45, 2.75) is 25.7 Å². The minimum atomic E-state index is -0.472. The normalized spacial score (nSPS) is 17.5. The third kappa shape index (κ3) is 2.93. The maximum absolute atomic E-state index is 12.2. The zero-order chi connectivity index (χ0) is 16.4. The van der Waals surface area contributed by atoms with E-state index in [1.54, 1.807) is 7.05 Å². The van der Waals surface area contributed by atoms with E-state index in [0.717, 1.165) is 11.1 Å². The Kier molecular flexibility index (Phi) is 4.07. The Morgan fingerprint density at radius 3 is 2.83 bits per heavy atom. The van der Waals surface area contributed by atoms with Crippen molar-refractivity contribution in [3.8, 4) is 0 Å².